The molecule has 0 aliphatic carbocycles. The lowest BCUT2D eigenvalue weighted by atomic mass is 9.95. The fraction of sp³-hybridized carbons (Fsp3) is 0.538. The van der Waals surface area contributed by atoms with Crippen LogP contribution in [0, 0.1) is 0 Å². The van der Waals surface area contributed by atoms with Gasteiger partial charge in [0, 0.05) is 9.75 Å². The van der Waals surface area contributed by atoms with Crippen LogP contribution in [-0.4, -0.2) is 0 Å². The van der Waals surface area contributed by atoms with Gasteiger partial charge >= 0.3 is 0 Å². The van der Waals surface area contributed by atoms with Gasteiger partial charge in [0.15, 0.2) is 0 Å². The Hall–Kier alpha value is -0.560. The second-order valence-electron chi connectivity index (χ2n) is 4.58. The molecule has 0 radical (unpaired) electrons. The Kier molecular flexibility index (Phi) is 3.54. The van der Waals surface area contributed by atoms with E-state index in [-0.39, 0.29) is 5.41 Å². The van der Waals surface area contributed by atoms with Gasteiger partial charge in [-0.05, 0) is 36.5 Å². The van der Waals surface area contributed by atoms with E-state index in [2.05, 4.69) is 52.8 Å². The summed E-state index contributed by atoms with van der Waals surface area (Å²) in [6.07, 6.45) is 3.35. The fourth-order valence-corrected chi connectivity index (χ4v) is 2.64. The smallest absolute Gasteiger partial charge is 0.0302 e. The summed E-state index contributed by atoms with van der Waals surface area (Å²) in [5.74, 6) is 0. The van der Waals surface area contributed by atoms with E-state index in [0.29, 0.717) is 0 Å². The molecule has 0 aliphatic rings. The van der Waals surface area contributed by atoms with E-state index in [4.69, 9.17) is 0 Å². The molecule has 0 saturated carbocycles. The molecular formula is C13H20S. The maximum absolute atomic E-state index is 2.27. The van der Waals surface area contributed by atoms with Crippen molar-refractivity contribution >= 4 is 16.9 Å². The largest absolute Gasteiger partial charge is 0.140 e. The van der Waals surface area contributed by atoms with Crippen molar-refractivity contribution in [1.82, 2.24) is 0 Å². The predicted octanol–water partition coefficient (Wildman–Crippen LogP) is 4.86. The van der Waals surface area contributed by atoms with Crippen LogP contribution in [0.5, 0.6) is 0 Å². The molecule has 1 heteroatoms. The lowest BCUT2D eigenvalue weighted by Crippen LogP contribution is -2.07. The SMILES string of the molecule is CC=C(CC)c1ccc(C(C)(C)C)s1. The van der Waals surface area contributed by atoms with Crippen molar-refractivity contribution in [1.29, 1.82) is 0 Å². The summed E-state index contributed by atoms with van der Waals surface area (Å²) in [5, 5.41) is 0. The molecule has 1 heterocycles. The van der Waals surface area contributed by atoms with Crippen molar-refractivity contribution < 1.29 is 0 Å². The van der Waals surface area contributed by atoms with Crippen molar-refractivity contribution in [3.63, 3.8) is 0 Å². The van der Waals surface area contributed by atoms with Crippen LogP contribution >= 0.6 is 11.3 Å². The molecule has 1 aromatic rings. The highest BCUT2D eigenvalue weighted by molar-refractivity contribution is 7.13. The number of rotatable bonds is 2. The summed E-state index contributed by atoms with van der Waals surface area (Å²) >= 11 is 1.93. The predicted molar refractivity (Wildman–Crippen MR) is 67.0 cm³/mol. The minimum absolute atomic E-state index is 0.287. The van der Waals surface area contributed by atoms with Gasteiger partial charge in [-0.2, -0.15) is 0 Å². The van der Waals surface area contributed by atoms with Crippen LogP contribution < -0.4 is 0 Å². The Balaban J connectivity index is 2.99. The molecule has 0 nitrogen and oxygen atoms in total. The number of thiophene rings is 1. The first kappa shape index (κ1) is 11.5. The average Bonchev–Trinajstić information content (AvgIpc) is 2.54. The fourth-order valence-electron chi connectivity index (χ4n) is 1.43. The lowest BCUT2D eigenvalue weighted by Gasteiger charge is -2.15. The Morgan fingerprint density at radius 1 is 1.36 bits per heavy atom. The Bertz CT molecular complexity index is 323. The molecule has 1 aromatic heterocycles. The van der Waals surface area contributed by atoms with E-state index >= 15 is 0 Å². The molecule has 1 rings (SSSR count). The molecule has 78 valence electrons. The zero-order valence-corrected chi connectivity index (χ0v) is 10.7. The third kappa shape index (κ3) is 2.48. The second-order valence-corrected chi connectivity index (χ2v) is 5.67. The van der Waals surface area contributed by atoms with E-state index in [1.165, 1.54) is 15.3 Å². The summed E-state index contributed by atoms with van der Waals surface area (Å²) in [5.41, 5.74) is 1.75. The minimum atomic E-state index is 0.287. The number of allylic oxidation sites excluding steroid dienone is 2. The van der Waals surface area contributed by atoms with E-state index in [0.717, 1.165) is 6.42 Å². The van der Waals surface area contributed by atoms with Gasteiger partial charge in [-0.3, -0.25) is 0 Å². The Morgan fingerprint density at radius 3 is 2.36 bits per heavy atom. The quantitative estimate of drug-likeness (QED) is 0.651. The highest BCUT2D eigenvalue weighted by atomic mass is 32.1. The molecule has 0 fully saturated rings. The van der Waals surface area contributed by atoms with Gasteiger partial charge in [-0.25, -0.2) is 0 Å². The molecule has 0 aliphatic heterocycles. The topological polar surface area (TPSA) is 0 Å². The highest BCUT2D eigenvalue weighted by Crippen LogP contribution is 2.33. The molecule has 0 saturated heterocycles. The van der Waals surface area contributed by atoms with E-state index in [1.54, 1.807) is 0 Å². The van der Waals surface area contributed by atoms with E-state index < -0.39 is 0 Å². The minimum Gasteiger partial charge on any atom is -0.140 e. The summed E-state index contributed by atoms with van der Waals surface area (Å²) in [6, 6.07) is 4.52. The number of hydrogen-bond acceptors (Lipinski definition) is 1. The first-order valence-corrected chi connectivity index (χ1v) is 6.06. The molecule has 14 heavy (non-hydrogen) atoms. The van der Waals surface area contributed by atoms with Crippen LogP contribution in [0.4, 0.5) is 0 Å². The lowest BCUT2D eigenvalue weighted by molar-refractivity contribution is 0.604. The van der Waals surface area contributed by atoms with Gasteiger partial charge in [-0.15, -0.1) is 11.3 Å². The molecule has 0 atom stereocenters. The number of hydrogen-bond donors (Lipinski definition) is 0. The maximum Gasteiger partial charge on any atom is 0.0302 e. The van der Waals surface area contributed by atoms with E-state index in [1.807, 2.05) is 11.3 Å². The molecular weight excluding hydrogens is 188 g/mol. The van der Waals surface area contributed by atoms with Gasteiger partial charge in [0.1, 0.15) is 0 Å². The van der Waals surface area contributed by atoms with Crippen molar-refractivity contribution in [2.75, 3.05) is 0 Å². The Labute approximate surface area is 91.7 Å². The first-order chi connectivity index (χ1) is 6.49. The molecule has 0 N–H and O–H groups in total. The monoisotopic (exact) mass is 208 g/mol. The molecule has 0 bridgehead atoms. The summed E-state index contributed by atoms with van der Waals surface area (Å²) in [7, 11) is 0. The van der Waals surface area contributed by atoms with Crippen molar-refractivity contribution in [3.8, 4) is 0 Å². The van der Waals surface area contributed by atoms with Gasteiger partial charge in [0.2, 0.25) is 0 Å². The van der Waals surface area contributed by atoms with Gasteiger partial charge in [-0.1, -0.05) is 33.8 Å². The highest BCUT2D eigenvalue weighted by Gasteiger charge is 2.16. The normalized spacial score (nSPS) is 13.4. The third-order valence-electron chi connectivity index (χ3n) is 2.39. The maximum atomic E-state index is 2.27. The zero-order valence-electron chi connectivity index (χ0n) is 9.85. The molecule has 0 aromatic carbocycles. The van der Waals surface area contributed by atoms with Crippen LogP contribution in [-0.2, 0) is 5.41 Å². The van der Waals surface area contributed by atoms with Gasteiger partial charge < -0.3 is 0 Å². The van der Waals surface area contributed by atoms with Crippen molar-refractivity contribution in [2.45, 2.75) is 46.5 Å². The third-order valence-corrected chi connectivity index (χ3v) is 3.98. The average molecular weight is 208 g/mol. The zero-order chi connectivity index (χ0) is 10.8. The van der Waals surface area contributed by atoms with Crippen molar-refractivity contribution in [2.24, 2.45) is 0 Å². The van der Waals surface area contributed by atoms with Gasteiger partial charge in [0.05, 0.1) is 0 Å². The van der Waals surface area contributed by atoms with Crippen LogP contribution in [0.3, 0.4) is 0 Å². The van der Waals surface area contributed by atoms with Crippen LogP contribution in [0.25, 0.3) is 5.57 Å². The summed E-state index contributed by atoms with van der Waals surface area (Å²) in [6.45, 7) is 11.1. The second kappa shape index (κ2) is 4.31. The summed E-state index contributed by atoms with van der Waals surface area (Å²) < 4.78 is 0. The first-order valence-electron chi connectivity index (χ1n) is 5.25. The van der Waals surface area contributed by atoms with Crippen molar-refractivity contribution in [3.05, 3.63) is 28.0 Å². The van der Waals surface area contributed by atoms with Crippen LogP contribution in [0.1, 0.15) is 50.8 Å². The summed E-state index contributed by atoms with van der Waals surface area (Å²) in [4.78, 5) is 2.90. The molecule has 0 spiro atoms. The van der Waals surface area contributed by atoms with Gasteiger partial charge in [0.25, 0.3) is 0 Å². The van der Waals surface area contributed by atoms with E-state index in [9.17, 15) is 0 Å². The standard InChI is InChI=1S/C13H20S/c1-6-10(7-2)11-8-9-12(14-11)13(3,4)5/h6,8-9H,7H2,1-5H3. The van der Waals surface area contributed by atoms with Crippen LogP contribution in [0.15, 0.2) is 18.2 Å². The molecule has 0 amide bonds. The Morgan fingerprint density at radius 2 is 2.00 bits per heavy atom. The van der Waals surface area contributed by atoms with Crippen LogP contribution in [0.2, 0.25) is 0 Å². The molecule has 0 unspecified atom stereocenters.